The van der Waals surface area contributed by atoms with Gasteiger partial charge in [0.2, 0.25) is 0 Å². The summed E-state index contributed by atoms with van der Waals surface area (Å²) in [5.74, 6) is 0. The molecule has 0 atom stereocenters. The fraction of sp³-hybridized carbons (Fsp3) is 0.364. The Bertz CT molecular complexity index is 334. The highest BCUT2D eigenvalue weighted by molar-refractivity contribution is 5.53. The van der Waals surface area contributed by atoms with Crippen LogP contribution in [0.5, 0.6) is 0 Å². The molecule has 0 amide bonds. The number of rotatable bonds is 2. The summed E-state index contributed by atoms with van der Waals surface area (Å²) in [6.45, 7) is 2.06. The summed E-state index contributed by atoms with van der Waals surface area (Å²) >= 11 is 0. The first-order valence-electron chi connectivity index (χ1n) is 4.39. The molecule has 0 fully saturated rings. The Morgan fingerprint density at radius 3 is 2.54 bits per heavy atom. The van der Waals surface area contributed by atoms with E-state index in [1.165, 1.54) is 0 Å². The highest BCUT2D eigenvalue weighted by atomic mass is 15.1. The van der Waals surface area contributed by atoms with Gasteiger partial charge in [0.25, 0.3) is 0 Å². The molecule has 0 unspecified atom stereocenters. The van der Waals surface area contributed by atoms with Gasteiger partial charge in [0, 0.05) is 19.8 Å². The molecule has 1 aromatic carbocycles. The van der Waals surface area contributed by atoms with Gasteiger partial charge in [-0.25, -0.2) is 0 Å². The van der Waals surface area contributed by atoms with Gasteiger partial charge in [-0.1, -0.05) is 13.0 Å². The maximum atomic E-state index is 8.89. The smallest absolute Gasteiger partial charge is 0.0995 e. The molecule has 13 heavy (non-hydrogen) atoms. The molecule has 0 aliphatic rings. The maximum Gasteiger partial charge on any atom is 0.0995 e. The third-order valence-electron chi connectivity index (χ3n) is 2.11. The highest BCUT2D eigenvalue weighted by Crippen LogP contribution is 2.17. The standard InChI is InChI=1S/C11H14N2/c1-4-9-5-6-11(13(2)3)7-10(9)8-12/h5-7H,4H2,1-3H3. The number of hydrogen-bond acceptors (Lipinski definition) is 2. The van der Waals surface area contributed by atoms with Crippen LogP contribution >= 0.6 is 0 Å². The van der Waals surface area contributed by atoms with E-state index in [1.807, 2.05) is 37.2 Å². The molecule has 0 heterocycles. The van der Waals surface area contributed by atoms with Crippen LogP contribution in [0.15, 0.2) is 18.2 Å². The van der Waals surface area contributed by atoms with E-state index in [0.717, 1.165) is 23.2 Å². The number of hydrogen-bond donors (Lipinski definition) is 0. The molecule has 0 aliphatic heterocycles. The van der Waals surface area contributed by atoms with E-state index in [0.29, 0.717) is 0 Å². The van der Waals surface area contributed by atoms with Crippen molar-refractivity contribution in [2.75, 3.05) is 19.0 Å². The van der Waals surface area contributed by atoms with Crippen LogP contribution in [0.2, 0.25) is 0 Å². The first-order valence-corrected chi connectivity index (χ1v) is 4.39. The van der Waals surface area contributed by atoms with E-state index >= 15 is 0 Å². The summed E-state index contributed by atoms with van der Waals surface area (Å²) in [5, 5.41) is 8.89. The first kappa shape index (κ1) is 9.60. The third kappa shape index (κ3) is 2.00. The molecule has 0 bridgehead atoms. The molecule has 0 spiro atoms. The fourth-order valence-electron chi connectivity index (χ4n) is 1.25. The Morgan fingerprint density at radius 1 is 1.38 bits per heavy atom. The molecule has 0 aliphatic carbocycles. The van der Waals surface area contributed by atoms with Gasteiger partial charge in [-0.05, 0) is 24.1 Å². The molecule has 0 saturated carbocycles. The lowest BCUT2D eigenvalue weighted by atomic mass is 10.1. The van der Waals surface area contributed by atoms with Gasteiger partial charge in [-0.15, -0.1) is 0 Å². The summed E-state index contributed by atoms with van der Waals surface area (Å²) < 4.78 is 0. The van der Waals surface area contributed by atoms with Crippen molar-refractivity contribution in [2.45, 2.75) is 13.3 Å². The topological polar surface area (TPSA) is 27.0 Å². The number of benzene rings is 1. The van der Waals surface area contributed by atoms with Gasteiger partial charge in [0.1, 0.15) is 0 Å². The average Bonchev–Trinajstić information content (AvgIpc) is 2.16. The van der Waals surface area contributed by atoms with E-state index in [-0.39, 0.29) is 0 Å². The molecule has 0 aromatic heterocycles. The normalized spacial score (nSPS) is 9.38. The Morgan fingerprint density at radius 2 is 2.08 bits per heavy atom. The van der Waals surface area contributed by atoms with Crippen molar-refractivity contribution in [3.63, 3.8) is 0 Å². The third-order valence-corrected chi connectivity index (χ3v) is 2.11. The number of nitriles is 1. The summed E-state index contributed by atoms with van der Waals surface area (Å²) in [7, 11) is 3.95. The van der Waals surface area contributed by atoms with Crippen molar-refractivity contribution < 1.29 is 0 Å². The van der Waals surface area contributed by atoms with Crippen LogP contribution in [0.25, 0.3) is 0 Å². The molecule has 0 N–H and O–H groups in total. The van der Waals surface area contributed by atoms with Crippen molar-refractivity contribution in [2.24, 2.45) is 0 Å². The van der Waals surface area contributed by atoms with Gasteiger partial charge >= 0.3 is 0 Å². The van der Waals surface area contributed by atoms with Crippen LogP contribution < -0.4 is 4.90 Å². The first-order chi connectivity index (χ1) is 6.19. The van der Waals surface area contributed by atoms with Crippen LogP contribution in [0.1, 0.15) is 18.1 Å². The lowest BCUT2D eigenvalue weighted by Crippen LogP contribution is -2.08. The number of aryl methyl sites for hydroxylation is 1. The minimum absolute atomic E-state index is 0.786. The monoisotopic (exact) mass is 174 g/mol. The molecule has 1 rings (SSSR count). The van der Waals surface area contributed by atoms with Crippen molar-refractivity contribution in [1.29, 1.82) is 5.26 Å². The minimum Gasteiger partial charge on any atom is -0.378 e. The molecule has 1 aromatic rings. The van der Waals surface area contributed by atoms with Gasteiger partial charge in [-0.2, -0.15) is 5.26 Å². The zero-order valence-corrected chi connectivity index (χ0v) is 8.33. The zero-order valence-electron chi connectivity index (χ0n) is 8.33. The van der Waals surface area contributed by atoms with Crippen molar-refractivity contribution in [1.82, 2.24) is 0 Å². The summed E-state index contributed by atoms with van der Waals surface area (Å²) in [6.07, 6.45) is 0.913. The number of anilines is 1. The van der Waals surface area contributed by atoms with E-state index < -0.39 is 0 Å². The van der Waals surface area contributed by atoms with E-state index in [4.69, 9.17) is 5.26 Å². The maximum absolute atomic E-state index is 8.89. The van der Waals surface area contributed by atoms with Crippen molar-refractivity contribution >= 4 is 5.69 Å². The Balaban J connectivity index is 3.15. The Hall–Kier alpha value is -1.49. The second kappa shape index (κ2) is 3.95. The lowest BCUT2D eigenvalue weighted by molar-refractivity contribution is 1.10. The molecular formula is C11H14N2. The largest absolute Gasteiger partial charge is 0.378 e. The van der Waals surface area contributed by atoms with Gasteiger partial charge < -0.3 is 4.90 Å². The van der Waals surface area contributed by atoms with Crippen molar-refractivity contribution in [3.05, 3.63) is 29.3 Å². The van der Waals surface area contributed by atoms with Crippen LogP contribution in [0, 0.1) is 11.3 Å². The molecule has 2 nitrogen and oxygen atoms in total. The van der Waals surface area contributed by atoms with Crippen LogP contribution in [-0.2, 0) is 6.42 Å². The molecular weight excluding hydrogens is 160 g/mol. The van der Waals surface area contributed by atoms with E-state index in [1.54, 1.807) is 0 Å². The van der Waals surface area contributed by atoms with E-state index in [2.05, 4.69) is 13.0 Å². The summed E-state index contributed by atoms with van der Waals surface area (Å²) in [5.41, 5.74) is 2.98. The Kier molecular flexibility index (Phi) is 2.92. The van der Waals surface area contributed by atoms with Gasteiger partial charge in [-0.3, -0.25) is 0 Å². The molecule has 0 radical (unpaired) electrons. The van der Waals surface area contributed by atoms with E-state index in [9.17, 15) is 0 Å². The second-order valence-electron chi connectivity index (χ2n) is 3.20. The highest BCUT2D eigenvalue weighted by Gasteiger charge is 2.02. The second-order valence-corrected chi connectivity index (χ2v) is 3.20. The SMILES string of the molecule is CCc1ccc(N(C)C)cc1C#N. The molecule has 68 valence electrons. The Labute approximate surface area is 79.4 Å². The minimum atomic E-state index is 0.786. The van der Waals surface area contributed by atoms with Crippen LogP contribution in [-0.4, -0.2) is 14.1 Å². The van der Waals surface area contributed by atoms with Gasteiger partial charge in [0.15, 0.2) is 0 Å². The van der Waals surface area contributed by atoms with Crippen LogP contribution in [0.4, 0.5) is 5.69 Å². The predicted octanol–water partition coefficient (Wildman–Crippen LogP) is 2.19. The lowest BCUT2D eigenvalue weighted by Gasteiger charge is -2.13. The fourth-order valence-corrected chi connectivity index (χ4v) is 1.25. The number of nitrogens with zero attached hydrogens (tertiary/aromatic N) is 2. The zero-order chi connectivity index (χ0) is 9.84. The predicted molar refractivity (Wildman–Crippen MR) is 54.9 cm³/mol. The van der Waals surface area contributed by atoms with Crippen LogP contribution in [0.3, 0.4) is 0 Å². The quantitative estimate of drug-likeness (QED) is 0.687. The average molecular weight is 174 g/mol. The summed E-state index contributed by atoms with van der Waals surface area (Å²) in [4.78, 5) is 2.00. The molecule has 2 heteroatoms. The van der Waals surface area contributed by atoms with Gasteiger partial charge in [0.05, 0.1) is 11.6 Å². The molecule has 0 saturated heterocycles. The van der Waals surface area contributed by atoms with Crippen molar-refractivity contribution in [3.8, 4) is 6.07 Å². The summed E-state index contributed by atoms with van der Waals surface area (Å²) in [6, 6.07) is 8.21.